The van der Waals surface area contributed by atoms with Gasteiger partial charge in [0.15, 0.2) is 0 Å². The summed E-state index contributed by atoms with van der Waals surface area (Å²) in [5, 5.41) is 35.3. The third-order valence-electron chi connectivity index (χ3n) is 13.7. The van der Waals surface area contributed by atoms with Gasteiger partial charge in [-0.1, -0.05) is 67.0 Å². The minimum absolute atomic E-state index is 0.00323. The van der Waals surface area contributed by atoms with Crippen LogP contribution in [0.3, 0.4) is 0 Å². The molecule has 0 heterocycles. The zero-order valence-electron chi connectivity index (χ0n) is 24.7. The van der Waals surface area contributed by atoms with Crippen LogP contribution < -0.4 is 0 Å². The van der Waals surface area contributed by atoms with E-state index in [1.165, 1.54) is 31.8 Å². The normalized spacial score (nSPS) is 56.6. The Bertz CT molecular complexity index is 988. The lowest BCUT2D eigenvalue weighted by Crippen LogP contribution is -2.74. The molecule has 0 spiro atoms. The van der Waals surface area contributed by atoms with Gasteiger partial charge in [0, 0.05) is 23.7 Å². The van der Waals surface area contributed by atoms with Crippen LogP contribution in [0.1, 0.15) is 101 Å². The monoisotopic (exact) mass is 516 g/mol. The number of allylic oxidation sites excluding steroid dienone is 1. The molecule has 210 valence electrons. The van der Waals surface area contributed by atoms with Crippen molar-refractivity contribution in [2.24, 2.45) is 56.7 Å². The standard InChI is InChI=1S/C32H52O5/c1-17-10-12-29(6)14-15-30(7)20(23(29)18(17)2)16-21(34)25-31(30,8)13-11-22-28(4,5)27(37-19(3)33)24(35)26(36)32(22,25)9/h16-18,21-27,34-36H,10-15H2,1-9H3/t17-,18+,21-,22?,23?,24-,25?,26-,27+,29-,30-,31-,32+/m1/s1. The number of fused-ring (bicyclic) bond motifs is 7. The molecular formula is C32H52O5. The van der Waals surface area contributed by atoms with Crippen molar-refractivity contribution in [3.8, 4) is 0 Å². The fourth-order valence-corrected chi connectivity index (χ4v) is 11.4. The number of ether oxygens (including phenoxy) is 1. The number of aliphatic hydroxyl groups is 3. The van der Waals surface area contributed by atoms with E-state index in [4.69, 9.17) is 4.74 Å². The molecule has 5 aliphatic rings. The van der Waals surface area contributed by atoms with E-state index in [0.717, 1.165) is 19.3 Å². The van der Waals surface area contributed by atoms with Gasteiger partial charge in [0.25, 0.3) is 0 Å². The van der Waals surface area contributed by atoms with Gasteiger partial charge >= 0.3 is 5.97 Å². The summed E-state index contributed by atoms with van der Waals surface area (Å²) in [7, 11) is 0. The van der Waals surface area contributed by atoms with Gasteiger partial charge < -0.3 is 20.1 Å². The molecule has 13 atom stereocenters. The summed E-state index contributed by atoms with van der Waals surface area (Å²) >= 11 is 0. The molecule has 0 aromatic heterocycles. The van der Waals surface area contributed by atoms with Crippen LogP contribution in [0.4, 0.5) is 0 Å². The van der Waals surface area contributed by atoms with E-state index in [-0.39, 0.29) is 28.1 Å². The maximum absolute atomic E-state index is 12.1. The molecule has 0 saturated heterocycles. The van der Waals surface area contributed by atoms with Gasteiger partial charge in [0.2, 0.25) is 0 Å². The average Bonchev–Trinajstić information content (AvgIpc) is 2.79. The van der Waals surface area contributed by atoms with Crippen molar-refractivity contribution in [2.75, 3.05) is 0 Å². The van der Waals surface area contributed by atoms with Gasteiger partial charge in [-0.3, -0.25) is 4.79 Å². The minimum atomic E-state index is -1.19. The van der Waals surface area contributed by atoms with Crippen molar-refractivity contribution in [2.45, 2.75) is 125 Å². The van der Waals surface area contributed by atoms with E-state index in [1.807, 2.05) is 0 Å². The van der Waals surface area contributed by atoms with Crippen molar-refractivity contribution in [1.29, 1.82) is 0 Å². The van der Waals surface area contributed by atoms with Gasteiger partial charge in [-0.15, -0.1) is 0 Å². The van der Waals surface area contributed by atoms with E-state index < -0.39 is 41.2 Å². The Kier molecular flexibility index (Phi) is 6.20. The van der Waals surface area contributed by atoms with Gasteiger partial charge in [-0.05, 0) is 78.4 Å². The third-order valence-corrected chi connectivity index (χ3v) is 13.7. The molecule has 0 amide bonds. The molecule has 37 heavy (non-hydrogen) atoms. The van der Waals surface area contributed by atoms with Gasteiger partial charge in [0.05, 0.1) is 12.2 Å². The number of carbonyl (C=O) groups is 1. The molecule has 0 aromatic carbocycles. The summed E-state index contributed by atoms with van der Waals surface area (Å²) in [6, 6.07) is 0. The third kappa shape index (κ3) is 3.35. The van der Waals surface area contributed by atoms with Crippen LogP contribution in [0.15, 0.2) is 11.6 Å². The summed E-state index contributed by atoms with van der Waals surface area (Å²) < 4.78 is 5.65. The zero-order valence-corrected chi connectivity index (χ0v) is 24.7. The van der Waals surface area contributed by atoms with Crippen molar-refractivity contribution >= 4 is 5.97 Å². The Hall–Kier alpha value is -0.910. The first kappa shape index (κ1) is 27.6. The highest BCUT2D eigenvalue weighted by molar-refractivity contribution is 5.66. The largest absolute Gasteiger partial charge is 0.459 e. The van der Waals surface area contributed by atoms with Crippen molar-refractivity contribution in [3.63, 3.8) is 0 Å². The van der Waals surface area contributed by atoms with E-state index in [0.29, 0.717) is 17.8 Å². The minimum Gasteiger partial charge on any atom is -0.459 e. The average molecular weight is 517 g/mol. The van der Waals surface area contributed by atoms with E-state index in [9.17, 15) is 20.1 Å². The topological polar surface area (TPSA) is 87.0 Å². The fraction of sp³-hybridized carbons (Fsp3) is 0.906. The van der Waals surface area contributed by atoms with Crippen LogP contribution in [-0.2, 0) is 9.53 Å². The van der Waals surface area contributed by atoms with Gasteiger partial charge in [-0.2, -0.15) is 0 Å². The molecule has 0 radical (unpaired) electrons. The second kappa shape index (κ2) is 8.30. The highest BCUT2D eigenvalue weighted by atomic mass is 16.6. The molecule has 5 aliphatic carbocycles. The molecule has 4 fully saturated rings. The van der Waals surface area contributed by atoms with E-state index >= 15 is 0 Å². The highest BCUT2D eigenvalue weighted by Crippen LogP contribution is 2.75. The lowest BCUT2D eigenvalue weighted by Gasteiger charge is -2.73. The molecule has 0 aromatic rings. The summed E-state index contributed by atoms with van der Waals surface area (Å²) in [5.41, 5.74) is 0.209. The number of carbonyl (C=O) groups excluding carboxylic acids is 1. The van der Waals surface area contributed by atoms with E-state index in [1.54, 1.807) is 0 Å². The number of hydrogen-bond donors (Lipinski definition) is 3. The second-order valence-corrected chi connectivity index (χ2v) is 15.6. The summed E-state index contributed by atoms with van der Waals surface area (Å²) in [4.78, 5) is 12.0. The first-order valence-corrected chi connectivity index (χ1v) is 14.9. The summed E-state index contributed by atoms with van der Waals surface area (Å²) in [6.45, 7) is 19.7. The zero-order chi connectivity index (χ0) is 27.5. The predicted molar refractivity (Wildman–Crippen MR) is 144 cm³/mol. The molecule has 3 N–H and O–H groups in total. The number of rotatable bonds is 1. The van der Waals surface area contributed by atoms with Crippen LogP contribution in [0.5, 0.6) is 0 Å². The van der Waals surface area contributed by atoms with Crippen LogP contribution in [0.2, 0.25) is 0 Å². The van der Waals surface area contributed by atoms with Crippen LogP contribution >= 0.6 is 0 Å². The number of esters is 1. The lowest BCUT2D eigenvalue weighted by molar-refractivity contribution is -0.292. The van der Waals surface area contributed by atoms with E-state index in [2.05, 4.69) is 61.5 Å². The first-order chi connectivity index (χ1) is 17.0. The quantitative estimate of drug-likeness (QED) is 0.316. The Morgan fingerprint density at radius 3 is 2.22 bits per heavy atom. The Balaban J connectivity index is 1.64. The Labute approximate surface area is 224 Å². The summed E-state index contributed by atoms with van der Waals surface area (Å²) in [5.74, 6) is 1.08. The van der Waals surface area contributed by atoms with Crippen molar-refractivity contribution in [3.05, 3.63) is 11.6 Å². The van der Waals surface area contributed by atoms with Crippen LogP contribution in [0, 0.1) is 56.7 Å². The molecule has 0 bridgehead atoms. The molecule has 4 saturated carbocycles. The van der Waals surface area contributed by atoms with Crippen molar-refractivity contribution in [1.82, 2.24) is 0 Å². The summed E-state index contributed by atoms with van der Waals surface area (Å²) in [6.07, 6.45) is 5.14. The lowest BCUT2D eigenvalue weighted by atomic mass is 9.32. The number of hydrogen-bond acceptors (Lipinski definition) is 5. The first-order valence-electron chi connectivity index (χ1n) is 14.9. The van der Waals surface area contributed by atoms with Gasteiger partial charge in [-0.25, -0.2) is 0 Å². The molecule has 0 aliphatic heterocycles. The van der Waals surface area contributed by atoms with Gasteiger partial charge in [0.1, 0.15) is 12.2 Å². The smallest absolute Gasteiger partial charge is 0.303 e. The molecular weight excluding hydrogens is 464 g/mol. The maximum Gasteiger partial charge on any atom is 0.303 e. The van der Waals surface area contributed by atoms with Crippen LogP contribution in [0.25, 0.3) is 0 Å². The molecule has 5 rings (SSSR count). The Morgan fingerprint density at radius 2 is 1.59 bits per heavy atom. The SMILES string of the molecule is CC(=O)O[C@H]1[C@H](O)[C@@H](O)[C@@]2(C)C(CC[C@]3(C)C2[C@H](O)C=C2C4[C@@H](C)[C@H](C)CC[C@]4(C)CC[C@]23C)C1(C)C. The molecule has 5 heteroatoms. The second-order valence-electron chi connectivity index (χ2n) is 15.6. The highest BCUT2D eigenvalue weighted by Gasteiger charge is 2.73. The maximum atomic E-state index is 12.1. The van der Waals surface area contributed by atoms with Crippen molar-refractivity contribution < 1.29 is 24.9 Å². The fourth-order valence-electron chi connectivity index (χ4n) is 11.4. The molecule has 5 nitrogen and oxygen atoms in total. The predicted octanol–water partition coefficient (Wildman–Crippen LogP) is 5.51. The van der Waals surface area contributed by atoms with Crippen LogP contribution in [-0.4, -0.2) is 45.7 Å². The molecule has 3 unspecified atom stereocenters. The Morgan fingerprint density at radius 1 is 0.946 bits per heavy atom. The number of aliphatic hydroxyl groups excluding tert-OH is 3.